The van der Waals surface area contributed by atoms with Crippen molar-refractivity contribution < 1.29 is 4.42 Å². The van der Waals surface area contributed by atoms with Crippen LogP contribution >= 0.6 is 0 Å². The van der Waals surface area contributed by atoms with Crippen LogP contribution in [0.15, 0.2) is 192 Å². The number of furan rings is 1. The molecule has 2 spiro atoms. The molecule has 2 heterocycles. The molecule has 4 fully saturated rings. The van der Waals surface area contributed by atoms with Crippen LogP contribution in [-0.4, -0.2) is 15.0 Å². The number of fused-ring (bicyclic) bond motifs is 12. The van der Waals surface area contributed by atoms with Gasteiger partial charge in [0.05, 0.1) is 5.41 Å². The largest absolute Gasteiger partial charge is 0.455 e. The number of nitrogens with zero attached hydrogens (tertiary/aromatic N) is 3. The van der Waals surface area contributed by atoms with E-state index in [1.54, 1.807) is 5.56 Å². The van der Waals surface area contributed by atoms with Crippen molar-refractivity contribution >= 4 is 21.9 Å². The van der Waals surface area contributed by atoms with Crippen LogP contribution in [-0.2, 0) is 10.8 Å². The van der Waals surface area contributed by atoms with Gasteiger partial charge in [-0.3, -0.25) is 0 Å². The highest BCUT2D eigenvalue weighted by molar-refractivity contribution is 6.09. The van der Waals surface area contributed by atoms with E-state index in [9.17, 15) is 0 Å². The van der Waals surface area contributed by atoms with Crippen LogP contribution < -0.4 is 0 Å². The van der Waals surface area contributed by atoms with E-state index in [4.69, 9.17) is 19.4 Å². The Kier molecular flexibility index (Phi) is 7.57. The molecule has 0 unspecified atom stereocenters. The Bertz CT molecular complexity index is 3550. The van der Waals surface area contributed by atoms with Crippen molar-refractivity contribution in [2.24, 2.45) is 23.7 Å². The first-order chi connectivity index (χ1) is 32.7. The number of rotatable bonds is 4. The lowest BCUT2D eigenvalue weighted by Crippen LogP contribution is -2.59. The standard InChI is InChI=1S/C62H45N3O/c1-2-13-40(14-3-1)58-63-59(41-27-25-39(26-28-41)45-18-12-19-49-48-17-6-11-24-56(48)66-57(45)49)65-60(64-58)42-29-30-54-55(36-42)62(50-20-7-4-15-46(50)47-16-5-8-21-51(47)62)53-23-10-9-22-52(53)61(54)43-32-37-31-38(34-43)35-44(61)33-37/h1-30,36-38,43-44H,31-35H2. The van der Waals surface area contributed by atoms with Gasteiger partial charge in [-0.1, -0.05) is 176 Å². The molecule has 66 heavy (non-hydrogen) atoms. The number of aromatic nitrogens is 3. The highest BCUT2D eigenvalue weighted by Crippen LogP contribution is 2.71. The SMILES string of the molecule is c1ccc(-c2nc(-c3ccc(-c4cccc5c4oc4ccccc45)cc3)nc(-c3ccc4c(c3)C3(c5ccccc5-c5ccccc53)c3ccccc3C43C4CC5CC(C4)CC3C5)n2)cc1. The monoisotopic (exact) mass is 847 g/mol. The predicted molar refractivity (Wildman–Crippen MR) is 264 cm³/mol. The molecule has 10 aromatic rings. The van der Waals surface area contributed by atoms with Crippen molar-refractivity contribution in [1.82, 2.24) is 15.0 Å². The summed E-state index contributed by atoms with van der Waals surface area (Å²) in [6.07, 6.45) is 6.73. The minimum atomic E-state index is -0.494. The van der Waals surface area contributed by atoms with Gasteiger partial charge in [-0.25, -0.2) is 15.0 Å². The highest BCUT2D eigenvalue weighted by atomic mass is 16.3. The fourth-order valence-electron chi connectivity index (χ4n) is 14.6. The van der Waals surface area contributed by atoms with Gasteiger partial charge in [0, 0.05) is 38.4 Å². The first-order valence-corrected chi connectivity index (χ1v) is 23.9. The van der Waals surface area contributed by atoms with Crippen LogP contribution in [0.4, 0.5) is 0 Å². The highest BCUT2D eigenvalue weighted by Gasteiger charge is 2.64. The van der Waals surface area contributed by atoms with Gasteiger partial charge in [0.15, 0.2) is 17.5 Å². The lowest BCUT2D eigenvalue weighted by atomic mass is 9.38. The second-order valence-electron chi connectivity index (χ2n) is 19.9. The zero-order valence-electron chi connectivity index (χ0n) is 36.5. The third-order valence-electron chi connectivity index (χ3n) is 16.8. The van der Waals surface area contributed by atoms with Gasteiger partial charge in [-0.2, -0.15) is 0 Å². The Morgan fingerprint density at radius 1 is 0.364 bits per heavy atom. The molecule has 4 saturated carbocycles. The fraction of sp³-hybridized carbons (Fsp3) is 0.177. The molecule has 0 amide bonds. The second-order valence-corrected chi connectivity index (χ2v) is 19.9. The molecule has 4 heteroatoms. The smallest absolute Gasteiger partial charge is 0.164 e. The molecule has 0 radical (unpaired) electrons. The minimum Gasteiger partial charge on any atom is -0.455 e. The van der Waals surface area contributed by atoms with Crippen molar-refractivity contribution in [1.29, 1.82) is 0 Å². The maximum Gasteiger partial charge on any atom is 0.164 e. The molecule has 8 aromatic carbocycles. The lowest BCUT2D eigenvalue weighted by Gasteiger charge is -2.65. The Morgan fingerprint density at radius 3 is 1.56 bits per heavy atom. The summed E-state index contributed by atoms with van der Waals surface area (Å²) in [6, 6.07) is 69.1. The van der Waals surface area contributed by atoms with Crippen LogP contribution in [0.25, 0.3) is 78.4 Å². The Hall–Kier alpha value is -7.43. The second kappa shape index (κ2) is 13.6. The van der Waals surface area contributed by atoms with Gasteiger partial charge >= 0.3 is 0 Å². The van der Waals surface area contributed by atoms with Crippen LogP contribution in [0.5, 0.6) is 0 Å². The molecule has 6 aliphatic carbocycles. The maximum absolute atomic E-state index is 6.45. The van der Waals surface area contributed by atoms with E-state index in [1.165, 1.54) is 71.0 Å². The van der Waals surface area contributed by atoms with E-state index in [2.05, 4.69) is 170 Å². The predicted octanol–water partition coefficient (Wildman–Crippen LogP) is 14.9. The number of hydrogen-bond donors (Lipinski definition) is 0. The minimum absolute atomic E-state index is 0.0382. The van der Waals surface area contributed by atoms with Gasteiger partial charge in [-0.15, -0.1) is 0 Å². The summed E-state index contributed by atoms with van der Waals surface area (Å²) < 4.78 is 6.45. The van der Waals surface area contributed by atoms with Crippen molar-refractivity contribution in [2.45, 2.75) is 42.9 Å². The Morgan fingerprint density at radius 2 is 0.864 bits per heavy atom. The fourth-order valence-corrected chi connectivity index (χ4v) is 14.6. The molecule has 6 aliphatic rings. The first kappa shape index (κ1) is 36.9. The molecule has 2 aromatic heterocycles. The Balaban J connectivity index is 0.948. The summed E-state index contributed by atoms with van der Waals surface area (Å²) in [7, 11) is 0. The van der Waals surface area contributed by atoms with Crippen molar-refractivity contribution in [3.63, 3.8) is 0 Å². The third-order valence-corrected chi connectivity index (χ3v) is 16.8. The van der Waals surface area contributed by atoms with E-state index in [0.717, 1.165) is 61.6 Å². The molecule has 314 valence electrons. The topological polar surface area (TPSA) is 51.8 Å². The summed E-state index contributed by atoms with van der Waals surface area (Å²) >= 11 is 0. The maximum atomic E-state index is 6.45. The third kappa shape index (κ3) is 4.86. The molecule has 0 atom stereocenters. The van der Waals surface area contributed by atoms with Gasteiger partial charge in [0.25, 0.3) is 0 Å². The molecular formula is C62H45N3O. The molecule has 4 bridgehead atoms. The molecule has 0 aliphatic heterocycles. The summed E-state index contributed by atoms with van der Waals surface area (Å²) in [4.78, 5) is 16.0. The zero-order chi connectivity index (χ0) is 43.1. The first-order valence-electron chi connectivity index (χ1n) is 23.9. The van der Waals surface area contributed by atoms with E-state index >= 15 is 0 Å². The van der Waals surface area contributed by atoms with Gasteiger partial charge in [0.2, 0.25) is 0 Å². The van der Waals surface area contributed by atoms with Crippen LogP contribution in [0, 0.1) is 23.7 Å². The Labute approximate surface area is 384 Å². The lowest BCUT2D eigenvalue weighted by molar-refractivity contribution is -0.0440. The van der Waals surface area contributed by atoms with E-state index in [0.29, 0.717) is 29.3 Å². The molecule has 4 nitrogen and oxygen atoms in total. The van der Waals surface area contributed by atoms with Crippen LogP contribution in [0.2, 0.25) is 0 Å². The van der Waals surface area contributed by atoms with E-state index < -0.39 is 5.41 Å². The van der Waals surface area contributed by atoms with Crippen molar-refractivity contribution in [3.8, 4) is 56.4 Å². The molecule has 0 N–H and O–H groups in total. The van der Waals surface area contributed by atoms with Crippen molar-refractivity contribution in [2.75, 3.05) is 0 Å². The molecular weight excluding hydrogens is 803 g/mol. The molecule has 0 saturated heterocycles. The van der Waals surface area contributed by atoms with E-state index in [-0.39, 0.29) is 5.41 Å². The van der Waals surface area contributed by atoms with Gasteiger partial charge in [-0.05, 0) is 118 Å². The average Bonchev–Trinajstić information content (AvgIpc) is 3.91. The summed E-state index contributed by atoms with van der Waals surface area (Å²) in [5.41, 5.74) is 17.7. The molecule has 16 rings (SSSR count). The quantitative estimate of drug-likeness (QED) is 0.177. The van der Waals surface area contributed by atoms with Crippen molar-refractivity contribution in [3.05, 3.63) is 221 Å². The van der Waals surface area contributed by atoms with E-state index in [1.807, 2.05) is 18.2 Å². The summed E-state index contributed by atoms with van der Waals surface area (Å²) in [5.74, 6) is 4.95. The summed E-state index contributed by atoms with van der Waals surface area (Å²) in [6.45, 7) is 0. The van der Waals surface area contributed by atoms with Crippen LogP contribution in [0.1, 0.15) is 65.5 Å². The number of benzene rings is 8. The summed E-state index contributed by atoms with van der Waals surface area (Å²) in [5, 5.41) is 2.25. The number of hydrogen-bond acceptors (Lipinski definition) is 4. The van der Waals surface area contributed by atoms with Gasteiger partial charge in [0.1, 0.15) is 11.2 Å². The normalized spacial score (nSPS) is 22.4. The van der Waals surface area contributed by atoms with Gasteiger partial charge < -0.3 is 4.42 Å². The number of para-hydroxylation sites is 2. The zero-order valence-corrected chi connectivity index (χ0v) is 36.5. The van der Waals surface area contributed by atoms with Crippen LogP contribution in [0.3, 0.4) is 0 Å². The average molecular weight is 848 g/mol.